The van der Waals surface area contributed by atoms with Crippen molar-refractivity contribution >= 4 is 40.6 Å². The molecule has 1 aliphatic heterocycles. The summed E-state index contributed by atoms with van der Waals surface area (Å²) in [5, 5.41) is 2.79. The fourth-order valence-corrected chi connectivity index (χ4v) is 3.79. The highest BCUT2D eigenvalue weighted by Gasteiger charge is 2.25. The number of anilines is 2. The van der Waals surface area contributed by atoms with Crippen molar-refractivity contribution in [2.24, 2.45) is 0 Å². The number of benzene rings is 2. The van der Waals surface area contributed by atoms with Crippen LogP contribution in [0.5, 0.6) is 0 Å². The Morgan fingerprint density at radius 1 is 1.00 bits per heavy atom. The lowest BCUT2D eigenvalue weighted by molar-refractivity contribution is -0.119. The molecule has 4 rings (SSSR count). The number of nitrogens with one attached hydrogen (secondary N) is 1. The number of amides is 2. The Labute approximate surface area is 155 Å². The molecule has 2 heterocycles. The topological polar surface area (TPSA) is 49.4 Å². The van der Waals surface area contributed by atoms with E-state index in [1.54, 1.807) is 23.5 Å². The van der Waals surface area contributed by atoms with Gasteiger partial charge in [-0.05, 0) is 35.9 Å². The van der Waals surface area contributed by atoms with E-state index >= 15 is 0 Å². The van der Waals surface area contributed by atoms with Crippen molar-refractivity contribution in [3.63, 3.8) is 0 Å². The lowest BCUT2D eigenvalue weighted by atomic mass is 10.2. The van der Waals surface area contributed by atoms with Gasteiger partial charge in [-0.25, -0.2) is 0 Å². The molecule has 0 aliphatic carbocycles. The number of carbonyl (C=O) groups is 2. The number of para-hydroxylation sites is 2. The van der Waals surface area contributed by atoms with Crippen molar-refractivity contribution in [2.45, 2.75) is 0 Å². The first-order valence-electron chi connectivity index (χ1n) is 8.24. The van der Waals surface area contributed by atoms with Gasteiger partial charge in [0.25, 0.3) is 5.91 Å². The molecular weight excluding hydrogens is 344 g/mol. The van der Waals surface area contributed by atoms with Crippen LogP contribution < -0.4 is 10.2 Å². The molecule has 128 valence electrons. The minimum atomic E-state index is -0.207. The summed E-state index contributed by atoms with van der Waals surface area (Å²) in [4.78, 5) is 28.1. The number of thiophene rings is 1. The van der Waals surface area contributed by atoms with Gasteiger partial charge in [0.1, 0.15) is 6.54 Å². The fourth-order valence-electron chi connectivity index (χ4n) is 2.87. The van der Waals surface area contributed by atoms with Crippen molar-refractivity contribution in [2.75, 3.05) is 16.8 Å². The molecule has 26 heavy (non-hydrogen) atoms. The molecule has 0 saturated heterocycles. The van der Waals surface area contributed by atoms with E-state index in [0.29, 0.717) is 5.69 Å². The Bertz CT molecular complexity index is 992. The predicted octanol–water partition coefficient (Wildman–Crippen LogP) is 4.41. The van der Waals surface area contributed by atoms with Gasteiger partial charge in [-0.1, -0.05) is 42.5 Å². The molecule has 3 aromatic rings. The summed E-state index contributed by atoms with van der Waals surface area (Å²) in [6.07, 6.45) is 3.32. The maximum atomic E-state index is 12.6. The Kier molecular flexibility index (Phi) is 4.37. The summed E-state index contributed by atoms with van der Waals surface area (Å²) >= 11 is 1.62. The van der Waals surface area contributed by atoms with Gasteiger partial charge in [0.15, 0.2) is 0 Å². The molecule has 2 amide bonds. The number of nitrogens with zero attached hydrogens (tertiary/aromatic N) is 1. The summed E-state index contributed by atoms with van der Waals surface area (Å²) in [6, 6.07) is 21.5. The highest BCUT2D eigenvalue weighted by molar-refractivity contribution is 7.16. The molecule has 0 radical (unpaired) electrons. The van der Waals surface area contributed by atoms with Crippen molar-refractivity contribution in [3.05, 3.63) is 77.7 Å². The van der Waals surface area contributed by atoms with Crippen molar-refractivity contribution in [1.29, 1.82) is 0 Å². The summed E-state index contributed by atoms with van der Waals surface area (Å²) in [5.74, 6) is -0.394. The van der Waals surface area contributed by atoms with E-state index in [1.165, 1.54) is 11.0 Å². The van der Waals surface area contributed by atoms with Crippen molar-refractivity contribution in [3.8, 4) is 10.4 Å². The fraction of sp³-hybridized carbons (Fsp3) is 0.0476. The van der Waals surface area contributed by atoms with E-state index in [4.69, 9.17) is 0 Å². The third kappa shape index (κ3) is 3.30. The minimum absolute atomic E-state index is 0.0277. The van der Waals surface area contributed by atoms with Gasteiger partial charge in [0, 0.05) is 15.8 Å². The summed E-state index contributed by atoms with van der Waals surface area (Å²) in [7, 11) is 0. The average molecular weight is 360 g/mol. The molecule has 0 bridgehead atoms. The number of fused-ring (bicyclic) bond motifs is 1. The quantitative estimate of drug-likeness (QED) is 0.703. The summed E-state index contributed by atoms with van der Waals surface area (Å²) in [5.41, 5.74) is 2.54. The summed E-state index contributed by atoms with van der Waals surface area (Å²) in [6.45, 7) is 0.0277. The maximum absolute atomic E-state index is 12.6. The first kappa shape index (κ1) is 16.3. The normalized spacial score (nSPS) is 13.5. The minimum Gasteiger partial charge on any atom is -0.323 e. The molecule has 4 nitrogen and oxygen atoms in total. The second-order valence-electron chi connectivity index (χ2n) is 5.89. The standard InChI is InChI=1S/C21H16N2O2S/c24-20-14-23(18-9-5-4-8-17(18)22-20)21(25)13-11-16-10-12-19(26-16)15-6-2-1-3-7-15/h1-13H,14H2,(H,22,24)/b13-11+. The third-order valence-electron chi connectivity index (χ3n) is 4.11. The zero-order valence-electron chi connectivity index (χ0n) is 13.9. The van der Waals surface area contributed by atoms with Gasteiger partial charge < -0.3 is 5.32 Å². The predicted molar refractivity (Wildman–Crippen MR) is 106 cm³/mol. The molecule has 0 fully saturated rings. The first-order valence-corrected chi connectivity index (χ1v) is 9.06. The molecule has 0 saturated carbocycles. The van der Waals surface area contributed by atoms with E-state index in [-0.39, 0.29) is 18.4 Å². The van der Waals surface area contributed by atoms with Crippen LogP contribution in [0.4, 0.5) is 11.4 Å². The van der Waals surface area contributed by atoms with Crippen LogP contribution >= 0.6 is 11.3 Å². The number of carbonyl (C=O) groups excluding carboxylic acids is 2. The van der Waals surface area contributed by atoms with E-state index in [9.17, 15) is 9.59 Å². The van der Waals surface area contributed by atoms with Crippen molar-refractivity contribution < 1.29 is 9.59 Å². The van der Waals surface area contributed by atoms with E-state index in [1.807, 2.05) is 48.5 Å². The number of rotatable bonds is 3. The van der Waals surface area contributed by atoms with Crippen molar-refractivity contribution in [1.82, 2.24) is 0 Å². The molecular formula is C21H16N2O2S. The van der Waals surface area contributed by atoms with Gasteiger partial charge in [0.2, 0.25) is 5.91 Å². The SMILES string of the molecule is O=C1CN(C(=O)/C=C/c2ccc(-c3ccccc3)s2)c2ccccc2N1. The van der Waals surface area contributed by atoms with Gasteiger partial charge in [-0.3, -0.25) is 14.5 Å². The Balaban J connectivity index is 1.54. The van der Waals surface area contributed by atoms with Crippen LogP contribution in [0.15, 0.2) is 72.8 Å². The van der Waals surface area contributed by atoms with Gasteiger partial charge in [-0.15, -0.1) is 11.3 Å². The van der Waals surface area contributed by atoms with Crippen LogP contribution in [0.1, 0.15) is 4.88 Å². The monoisotopic (exact) mass is 360 g/mol. The molecule has 0 spiro atoms. The lowest BCUT2D eigenvalue weighted by Crippen LogP contribution is -2.41. The van der Waals surface area contributed by atoms with E-state index in [2.05, 4.69) is 17.4 Å². The zero-order chi connectivity index (χ0) is 17.9. The van der Waals surface area contributed by atoms with Gasteiger partial charge in [0.05, 0.1) is 11.4 Å². The molecule has 0 unspecified atom stereocenters. The largest absolute Gasteiger partial charge is 0.323 e. The maximum Gasteiger partial charge on any atom is 0.251 e. The number of hydrogen-bond donors (Lipinski definition) is 1. The molecule has 1 aromatic heterocycles. The highest BCUT2D eigenvalue weighted by atomic mass is 32.1. The van der Waals surface area contributed by atoms with Crippen LogP contribution in [0.25, 0.3) is 16.5 Å². The second kappa shape index (κ2) is 6.98. The molecule has 0 atom stereocenters. The molecule has 2 aromatic carbocycles. The van der Waals surface area contributed by atoms with Crippen LogP contribution in [-0.2, 0) is 9.59 Å². The Hall–Kier alpha value is -3.18. The van der Waals surface area contributed by atoms with Gasteiger partial charge in [-0.2, -0.15) is 0 Å². The number of hydrogen-bond acceptors (Lipinski definition) is 3. The van der Waals surface area contributed by atoms with Crippen LogP contribution in [0.2, 0.25) is 0 Å². The van der Waals surface area contributed by atoms with Crippen LogP contribution in [0.3, 0.4) is 0 Å². The summed E-state index contributed by atoms with van der Waals surface area (Å²) < 4.78 is 0. The highest BCUT2D eigenvalue weighted by Crippen LogP contribution is 2.30. The molecule has 1 aliphatic rings. The average Bonchev–Trinajstić information content (AvgIpc) is 3.15. The van der Waals surface area contributed by atoms with Gasteiger partial charge >= 0.3 is 0 Å². The zero-order valence-corrected chi connectivity index (χ0v) is 14.7. The van der Waals surface area contributed by atoms with E-state index < -0.39 is 0 Å². The molecule has 5 heteroatoms. The molecule has 1 N–H and O–H groups in total. The Morgan fingerprint density at radius 3 is 2.62 bits per heavy atom. The lowest BCUT2D eigenvalue weighted by Gasteiger charge is -2.28. The first-order chi connectivity index (χ1) is 12.7. The van der Waals surface area contributed by atoms with Crippen LogP contribution in [0, 0.1) is 0 Å². The second-order valence-corrected chi connectivity index (χ2v) is 7.01. The smallest absolute Gasteiger partial charge is 0.251 e. The van der Waals surface area contributed by atoms with E-state index in [0.717, 1.165) is 21.0 Å². The Morgan fingerprint density at radius 2 is 1.77 bits per heavy atom. The van der Waals surface area contributed by atoms with Crippen LogP contribution in [-0.4, -0.2) is 18.4 Å². The third-order valence-corrected chi connectivity index (χ3v) is 5.21.